The Morgan fingerprint density at radius 1 is 0.976 bits per heavy atom. The normalized spacial score (nSPS) is 35.1. The fourth-order valence-electron chi connectivity index (χ4n) is 9.80. The fourth-order valence-corrected chi connectivity index (χ4v) is 9.80. The number of carbonyl (C=O) groups is 3. The molecule has 0 saturated heterocycles. The predicted molar refractivity (Wildman–Crippen MR) is 162 cm³/mol. The molecule has 41 heavy (non-hydrogen) atoms. The van der Waals surface area contributed by atoms with Crippen molar-refractivity contribution in [3.8, 4) is 0 Å². The Morgan fingerprint density at radius 2 is 1.73 bits per heavy atom. The summed E-state index contributed by atoms with van der Waals surface area (Å²) < 4.78 is 5.83. The minimum Gasteiger partial charge on any atom is -0.481 e. The van der Waals surface area contributed by atoms with Crippen LogP contribution in [-0.4, -0.2) is 35.6 Å². The minimum absolute atomic E-state index is 0.0612. The van der Waals surface area contributed by atoms with Crippen molar-refractivity contribution in [2.45, 2.75) is 137 Å². The van der Waals surface area contributed by atoms with Crippen molar-refractivity contribution in [3.63, 3.8) is 0 Å². The quantitative estimate of drug-likeness (QED) is 0.134. The molecular weight excluding hydrogens is 514 g/mol. The smallest absolute Gasteiger partial charge is 0.325 e. The molecule has 0 bridgehead atoms. The first-order valence-electron chi connectivity index (χ1n) is 16.8. The molecule has 0 spiro atoms. The molecule has 4 aliphatic carbocycles. The number of carboxylic acids is 1. The summed E-state index contributed by atoms with van der Waals surface area (Å²) >= 11 is 0. The van der Waals surface area contributed by atoms with Crippen molar-refractivity contribution in [1.82, 2.24) is 5.32 Å². The highest BCUT2D eigenvalue weighted by Gasteiger charge is 2.59. The number of hydrogen-bond donors (Lipinski definition) is 2. The maximum atomic E-state index is 12.5. The Hall–Kier alpha value is -1.85. The average molecular weight is 572 g/mol. The van der Waals surface area contributed by atoms with Crippen molar-refractivity contribution >= 4 is 17.8 Å². The standard InChI is InChI=1S/C35H57NO5/c1-23(2)9-8-10-24(3)28-15-16-29-27-14-13-25-21-26(17-19-34(25,4)30(27)18-20-35(28,29)5)41-33(40)22-36-31(37)11-6-7-12-32(38)39/h13,23-24,26-30H,6-12,14-22H2,1-5H3,(H,36,37)(H,38,39)/t24-,26+,27+,28-,29+,30+,34+,35-/m1/s1. The first kappa shape index (κ1) is 32.1. The van der Waals surface area contributed by atoms with Crippen LogP contribution >= 0.6 is 0 Å². The number of carbonyl (C=O) groups excluding carboxylic acids is 2. The molecular formula is C35H57NO5. The maximum Gasteiger partial charge on any atom is 0.325 e. The van der Waals surface area contributed by atoms with Gasteiger partial charge in [-0.2, -0.15) is 0 Å². The van der Waals surface area contributed by atoms with Crippen LogP contribution in [0.4, 0.5) is 0 Å². The number of esters is 1. The summed E-state index contributed by atoms with van der Waals surface area (Å²) in [5, 5.41) is 11.3. The van der Waals surface area contributed by atoms with Crippen LogP contribution in [0.3, 0.4) is 0 Å². The lowest BCUT2D eigenvalue weighted by Gasteiger charge is -2.58. The zero-order chi connectivity index (χ0) is 29.8. The van der Waals surface area contributed by atoms with Gasteiger partial charge in [-0.1, -0.05) is 65.5 Å². The van der Waals surface area contributed by atoms with E-state index in [1.54, 1.807) is 0 Å². The Labute approximate surface area is 248 Å². The molecule has 0 aromatic rings. The zero-order valence-corrected chi connectivity index (χ0v) is 26.5. The van der Waals surface area contributed by atoms with E-state index in [2.05, 4.69) is 46.0 Å². The monoisotopic (exact) mass is 571 g/mol. The molecule has 4 rings (SSSR count). The number of unbranched alkanes of at least 4 members (excludes halogenated alkanes) is 1. The number of carboxylic acid groups (broad SMARTS) is 1. The van der Waals surface area contributed by atoms with Crippen molar-refractivity contribution < 1.29 is 24.2 Å². The van der Waals surface area contributed by atoms with Crippen molar-refractivity contribution in [3.05, 3.63) is 11.6 Å². The third-order valence-corrected chi connectivity index (χ3v) is 12.0. The summed E-state index contributed by atoms with van der Waals surface area (Å²) in [6, 6.07) is 0. The van der Waals surface area contributed by atoms with Crippen LogP contribution < -0.4 is 5.32 Å². The van der Waals surface area contributed by atoms with Crippen molar-refractivity contribution in [2.24, 2.45) is 46.3 Å². The van der Waals surface area contributed by atoms with E-state index in [4.69, 9.17) is 9.84 Å². The molecule has 0 aliphatic heterocycles. The molecule has 0 unspecified atom stereocenters. The SMILES string of the molecule is CC(C)CCC[C@@H](C)[C@H]1CC[C@H]2[C@@H]3CC=C4C[C@@H](OC(=O)CNC(=O)CCCCC(=O)O)CC[C@]4(C)[C@H]3CC[C@]12C. The van der Waals surface area contributed by atoms with E-state index >= 15 is 0 Å². The first-order valence-corrected chi connectivity index (χ1v) is 16.8. The third kappa shape index (κ3) is 7.39. The number of rotatable bonds is 13. The van der Waals surface area contributed by atoms with Gasteiger partial charge in [-0.15, -0.1) is 0 Å². The van der Waals surface area contributed by atoms with Crippen LogP contribution in [0, 0.1) is 46.3 Å². The van der Waals surface area contributed by atoms with Gasteiger partial charge < -0.3 is 15.2 Å². The van der Waals surface area contributed by atoms with Crippen LogP contribution in [0.25, 0.3) is 0 Å². The number of allylic oxidation sites excluding steroid dienone is 1. The summed E-state index contributed by atoms with van der Waals surface area (Å²) in [5.41, 5.74) is 2.22. The molecule has 0 radical (unpaired) electrons. The Kier molecular flexibility index (Phi) is 10.7. The average Bonchev–Trinajstić information content (AvgIpc) is 3.27. The van der Waals surface area contributed by atoms with Gasteiger partial charge >= 0.3 is 11.9 Å². The molecule has 0 aromatic carbocycles. The van der Waals surface area contributed by atoms with E-state index in [9.17, 15) is 14.4 Å². The van der Waals surface area contributed by atoms with E-state index < -0.39 is 5.97 Å². The highest BCUT2D eigenvalue weighted by atomic mass is 16.5. The van der Waals surface area contributed by atoms with Crippen LogP contribution in [0.15, 0.2) is 11.6 Å². The van der Waals surface area contributed by atoms with E-state index in [1.807, 2.05) is 0 Å². The summed E-state index contributed by atoms with van der Waals surface area (Å²) in [6.07, 6.45) is 17.3. The van der Waals surface area contributed by atoms with Gasteiger partial charge in [-0.3, -0.25) is 14.4 Å². The maximum absolute atomic E-state index is 12.5. The molecule has 8 atom stereocenters. The summed E-state index contributed by atoms with van der Waals surface area (Å²) in [4.78, 5) is 35.1. The number of aliphatic carboxylic acids is 1. The van der Waals surface area contributed by atoms with E-state index in [-0.39, 0.29) is 42.8 Å². The zero-order valence-electron chi connectivity index (χ0n) is 26.5. The molecule has 6 nitrogen and oxygen atoms in total. The van der Waals surface area contributed by atoms with Gasteiger partial charge in [0.15, 0.2) is 0 Å². The predicted octanol–water partition coefficient (Wildman–Crippen LogP) is 7.70. The lowest BCUT2D eigenvalue weighted by molar-refractivity contribution is -0.151. The fraction of sp³-hybridized carbons (Fsp3) is 0.857. The van der Waals surface area contributed by atoms with Crippen LogP contribution in [0.2, 0.25) is 0 Å². The highest BCUT2D eigenvalue weighted by molar-refractivity contribution is 5.81. The Balaban J connectivity index is 1.28. The summed E-state index contributed by atoms with van der Waals surface area (Å²) in [7, 11) is 0. The molecule has 4 aliphatic rings. The van der Waals surface area contributed by atoms with Gasteiger partial charge in [0.1, 0.15) is 12.6 Å². The second kappa shape index (κ2) is 13.6. The van der Waals surface area contributed by atoms with Crippen LogP contribution in [0.5, 0.6) is 0 Å². The Morgan fingerprint density at radius 3 is 2.46 bits per heavy atom. The topological polar surface area (TPSA) is 92.7 Å². The van der Waals surface area contributed by atoms with Crippen molar-refractivity contribution in [1.29, 1.82) is 0 Å². The number of nitrogens with one attached hydrogen (secondary N) is 1. The molecule has 232 valence electrons. The van der Waals surface area contributed by atoms with Crippen LogP contribution in [-0.2, 0) is 19.1 Å². The number of hydrogen-bond acceptors (Lipinski definition) is 4. The molecule has 0 aromatic heterocycles. The number of fused-ring (bicyclic) bond motifs is 5. The molecule has 6 heteroatoms. The number of ether oxygens (including phenoxy) is 1. The molecule has 3 saturated carbocycles. The lowest BCUT2D eigenvalue weighted by Crippen LogP contribution is -2.51. The van der Waals surface area contributed by atoms with Gasteiger partial charge in [0, 0.05) is 19.3 Å². The first-order chi connectivity index (χ1) is 19.4. The summed E-state index contributed by atoms with van der Waals surface area (Å²) in [5.74, 6) is 3.43. The van der Waals surface area contributed by atoms with Gasteiger partial charge in [0.2, 0.25) is 5.91 Å². The minimum atomic E-state index is -0.854. The van der Waals surface area contributed by atoms with E-state index in [0.29, 0.717) is 18.3 Å². The largest absolute Gasteiger partial charge is 0.481 e. The van der Waals surface area contributed by atoms with Gasteiger partial charge in [0.25, 0.3) is 0 Å². The highest BCUT2D eigenvalue weighted by Crippen LogP contribution is 2.67. The molecule has 3 fully saturated rings. The van der Waals surface area contributed by atoms with E-state index in [0.717, 1.165) is 54.8 Å². The van der Waals surface area contributed by atoms with Crippen LogP contribution in [0.1, 0.15) is 131 Å². The Bertz CT molecular complexity index is 974. The third-order valence-electron chi connectivity index (χ3n) is 12.0. The van der Waals surface area contributed by atoms with Crippen molar-refractivity contribution in [2.75, 3.05) is 6.54 Å². The lowest BCUT2D eigenvalue weighted by atomic mass is 9.47. The van der Waals surface area contributed by atoms with Gasteiger partial charge in [0.05, 0.1) is 0 Å². The second-order valence-electron chi connectivity index (χ2n) is 15.0. The molecule has 1 amide bonds. The molecule has 2 N–H and O–H groups in total. The number of amides is 1. The molecule has 0 heterocycles. The van der Waals surface area contributed by atoms with E-state index in [1.165, 1.54) is 56.9 Å². The van der Waals surface area contributed by atoms with Gasteiger partial charge in [-0.05, 0) is 104 Å². The summed E-state index contributed by atoms with van der Waals surface area (Å²) in [6.45, 7) is 12.3. The van der Waals surface area contributed by atoms with Gasteiger partial charge in [-0.25, -0.2) is 0 Å². The second-order valence-corrected chi connectivity index (χ2v) is 15.0.